The fourth-order valence-electron chi connectivity index (χ4n) is 3.51. The van der Waals surface area contributed by atoms with Gasteiger partial charge in [-0.3, -0.25) is 0 Å². The van der Waals surface area contributed by atoms with Crippen LogP contribution < -0.4 is 19.7 Å². The van der Waals surface area contributed by atoms with E-state index in [1.54, 1.807) is 31.5 Å². The maximum absolute atomic E-state index is 12.9. The van der Waals surface area contributed by atoms with Gasteiger partial charge in [-0.15, -0.1) is 0 Å². The maximum atomic E-state index is 12.9. The Balaban J connectivity index is 1.57. The molecule has 0 saturated heterocycles. The van der Waals surface area contributed by atoms with Crippen molar-refractivity contribution in [2.45, 2.75) is 25.6 Å². The highest BCUT2D eigenvalue weighted by molar-refractivity contribution is 5.69. The highest BCUT2D eigenvalue weighted by Crippen LogP contribution is 2.38. The summed E-state index contributed by atoms with van der Waals surface area (Å²) in [6.45, 7) is 1.87. The fraction of sp³-hybridized carbons (Fsp3) is 0.333. The first-order valence-corrected chi connectivity index (χ1v) is 9.62. The number of rotatable bonds is 5. The SMILES string of the molecule is COc1cc(Nc2cc3c(cn2)OCC(CC(F)(F)F)N3C)ccc1-n1cnc(C)c1. The van der Waals surface area contributed by atoms with Crippen LogP contribution in [0.15, 0.2) is 43.0 Å². The lowest BCUT2D eigenvalue weighted by Crippen LogP contribution is -2.43. The minimum Gasteiger partial charge on any atom is -0.494 e. The van der Waals surface area contributed by atoms with E-state index in [2.05, 4.69) is 15.3 Å². The molecule has 0 aliphatic carbocycles. The van der Waals surface area contributed by atoms with Crippen LogP contribution in [0, 0.1) is 6.92 Å². The van der Waals surface area contributed by atoms with Gasteiger partial charge in [0, 0.05) is 31.1 Å². The van der Waals surface area contributed by atoms with Crippen molar-refractivity contribution >= 4 is 17.2 Å². The molecule has 31 heavy (non-hydrogen) atoms. The third kappa shape index (κ3) is 4.52. The normalized spacial score (nSPS) is 15.9. The molecular formula is C21H22F3N5O2. The van der Waals surface area contributed by atoms with Crippen LogP contribution in [-0.4, -0.2) is 47.5 Å². The molecule has 7 nitrogen and oxygen atoms in total. The maximum Gasteiger partial charge on any atom is 0.391 e. The first kappa shape index (κ1) is 20.8. The van der Waals surface area contributed by atoms with Gasteiger partial charge in [0.1, 0.15) is 18.2 Å². The smallest absolute Gasteiger partial charge is 0.391 e. The molecule has 1 atom stereocenters. The zero-order valence-corrected chi connectivity index (χ0v) is 17.3. The second kappa shape index (κ2) is 8.01. The van der Waals surface area contributed by atoms with Crippen molar-refractivity contribution in [3.05, 3.63) is 48.7 Å². The molecule has 1 aliphatic heterocycles. The topological polar surface area (TPSA) is 64.4 Å². The lowest BCUT2D eigenvalue weighted by atomic mass is 10.1. The average molecular weight is 433 g/mol. The molecule has 3 aromatic rings. The third-order valence-corrected chi connectivity index (χ3v) is 5.11. The summed E-state index contributed by atoms with van der Waals surface area (Å²) in [6.07, 6.45) is -0.0973. The first-order valence-electron chi connectivity index (χ1n) is 9.62. The predicted octanol–water partition coefficient (Wildman–Crippen LogP) is 4.48. The summed E-state index contributed by atoms with van der Waals surface area (Å²) in [5.74, 6) is 1.57. The fourth-order valence-corrected chi connectivity index (χ4v) is 3.51. The number of aryl methyl sites for hydroxylation is 1. The lowest BCUT2D eigenvalue weighted by molar-refractivity contribution is -0.140. The van der Waals surface area contributed by atoms with Crippen LogP contribution in [0.25, 0.3) is 5.69 Å². The number of alkyl halides is 3. The second-order valence-corrected chi connectivity index (χ2v) is 7.37. The van der Waals surface area contributed by atoms with E-state index >= 15 is 0 Å². The van der Waals surface area contributed by atoms with Gasteiger partial charge in [0.15, 0.2) is 5.75 Å². The van der Waals surface area contributed by atoms with Crippen molar-refractivity contribution in [3.63, 3.8) is 0 Å². The number of hydrogen-bond donors (Lipinski definition) is 1. The third-order valence-electron chi connectivity index (χ3n) is 5.11. The van der Waals surface area contributed by atoms with Gasteiger partial charge in [-0.25, -0.2) is 9.97 Å². The van der Waals surface area contributed by atoms with Gasteiger partial charge in [-0.05, 0) is 19.1 Å². The summed E-state index contributed by atoms with van der Waals surface area (Å²) in [6, 6.07) is 6.45. The highest BCUT2D eigenvalue weighted by Gasteiger charge is 2.37. The van der Waals surface area contributed by atoms with E-state index in [0.717, 1.165) is 17.1 Å². The molecule has 1 aliphatic rings. The zero-order chi connectivity index (χ0) is 22.2. The van der Waals surface area contributed by atoms with Gasteiger partial charge < -0.3 is 24.3 Å². The standard InChI is InChI=1S/C21H22F3N5O2/c1-13-10-29(12-26-13)16-5-4-14(6-18(16)30-3)27-20-7-17-19(9-25-20)31-11-15(28(17)2)8-21(22,23)24/h4-7,9-10,12,15H,8,11H2,1-3H3,(H,25,27). The predicted molar refractivity (Wildman–Crippen MR) is 111 cm³/mol. The Morgan fingerprint density at radius 1 is 1.23 bits per heavy atom. The van der Waals surface area contributed by atoms with E-state index in [1.165, 1.54) is 6.20 Å². The van der Waals surface area contributed by atoms with Crippen LogP contribution in [-0.2, 0) is 0 Å². The molecule has 0 amide bonds. The number of aromatic nitrogens is 3. The number of nitrogens with one attached hydrogen (secondary N) is 1. The number of imidazole rings is 1. The summed E-state index contributed by atoms with van der Waals surface area (Å²) in [4.78, 5) is 10.1. The quantitative estimate of drug-likeness (QED) is 0.640. The molecule has 164 valence electrons. The van der Waals surface area contributed by atoms with E-state index in [4.69, 9.17) is 9.47 Å². The molecule has 1 unspecified atom stereocenters. The summed E-state index contributed by atoms with van der Waals surface area (Å²) < 4.78 is 51.5. The largest absolute Gasteiger partial charge is 0.494 e. The zero-order valence-electron chi connectivity index (χ0n) is 17.3. The van der Waals surface area contributed by atoms with Gasteiger partial charge in [0.2, 0.25) is 0 Å². The Kier molecular flexibility index (Phi) is 5.38. The Bertz CT molecular complexity index is 1080. The molecular weight excluding hydrogens is 411 g/mol. The van der Waals surface area contributed by atoms with Gasteiger partial charge in [0.25, 0.3) is 0 Å². The molecule has 0 radical (unpaired) electrons. The number of methoxy groups -OCH3 is 1. The molecule has 0 saturated carbocycles. The van der Waals surface area contributed by atoms with Gasteiger partial charge in [-0.1, -0.05) is 0 Å². The lowest BCUT2D eigenvalue weighted by Gasteiger charge is -2.36. The molecule has 0 bridgehead atoms. The Morgan fingerprint density at radius 3 is 2.71 bits per heavy atom. The minimum absolute atomic E-state index is 0.0378. The van der Waals surface area contributed by atoms with Crippen molar-refractivity contribution in [1.29, 1.82) is 0 Å². The van der Waals surface area contributed by atoms with Crippen LogP contribution in [0.4, 0.5) is 30.4 Å². The van der Waals surface area contributed by atoms with Crippen LogP contribution in [0.3, 0.4) is 0 Å². The van der Waals surface area contributed by atoms with Crippen molar-refractivity contribution in [1.82, 2.24) is 14.5 Å². The van der Waals surface area contributed by atoms with Crippen molar-refractivity contribution in [2.75, 3.05) is 31.0 Å². The summed E-state index contributed by atoms with van der Waals surface area (Å²) in [7, 11) is 3.21. The molecule has 2 aromatic heterocycles. The van der Waals surface area contributed by atoms with E-state index < -0.39 is 18.6 Å². The Labute approximate surface area is 177 Å². The van der Waals surface area contributed by atoms with E-state index in [9.17, 15) is 13.2 Å². The van der Waals surface area contributed by atoms with Gasteiger partial charge >= 0.3 is 6.18 Å². The average Bonchev–Trinajstić information content (AvgIpc) is 3.15. The summed E-state index contributed by atoms with van der Waals surface area (Å²) >= 11 is 0. The van der Waals surface area contributed by atoms with E-state index in [1.807, 2.05) is 35.9 Å². The molecule has 1 aromatic carbocycles. The molecule has 3 heterocycles. The summed E-state index contributed by atoms with van der Waals surface area (Å²) in [5.41, 5.74) is 2.99. The van der Waals surface area contributed by atoms with Crippen LogP contribution in [0.2, 0.25) is 0 Å². The van der Waals surface area contributed by atoms with Gasteiger partial charge in [-0.2, -0.15) is 13.2 Å². The van der Waals surface area contributed by atoms with Crippen molar-refractivity contribution < 1.29 is 22.6 Å². The number of hydrogen-bond acceptors (Lipinski definition) is 6. The van der Waals surface area contributed by atoms with Crippen molar-refractivity contribution in [3.8, 4) is 17.2 Å². The van der Waals surface area contributed by atoms with Crippen LogP contribution in [0.5, 0.6) is 11.5 Å². The number of anilines is 3. The van der Waals surface area contributed by atoms with Crippen LogP contribution >= 0.6 is 0 Å². The monoisotopic (exact) mass is 433 g/mol. The second-order valence-electron chi connectivity index (χ2n) is 7.37. The molecule has 1 N–H and O–H groups in total. The molecule has 4 rings (SSSR count). The Hall–Kier alpha value is -3.43. The number of ether oxygens (including phenoxy) is 2. The van der Waals surface area contributed by atoms with E-state index in [0.29, 0.717) is 23.0 Å². The number of halogens is 3. The number of nitrogens with zero attached hydrogens (tertiary/aromatic N) is 4. The van der Waals surface area contributed by atoms with Crippen molar-refractivity contribution in [2.24, 2.45) is 0 Å². The molecule has 0 fully saturated rings. The number of likely N-dealkylation sites (N-methyl/N-ethyl adjacent to an activating group) is 1. The van der Waals surface area contributed by atoms with E-state index in [-0.39, 0.29) is 6.61 Å². The molecule has 0 spiro atoms. The minimum atomic E-state index is -4.26. The number of fused-ring (bicyclic) bond motifs is 1. The summed E-state index contributed by atoms with van der Waals surface area (Å²) in [5, 5.41) is 3.18. The number of benzene rings is 1. The highest BCUT2D eigenvalue weighted by atomic mass is 19.4. The number of pyridine rings is 1. The molecule has 10 heteroatoms. The van der Waals surface area contributed by atoms with Gasteiger partial charge in [0.05, 0.1) is 49.2 Å². The Morgan fingerprint density at radius 2 is 2.03 bits per heavy atom. The first-order chi connectivity index (χ1) is 14.7. The van der Waals surface area contributed by atoms with Crippen LogP contribution in [0.1, 0.15) is 12.1 Å².